The number of ketones is 2. The number of allylic oxidation sites excluding steroid dienone is 1. The van der Waals surface area contributed by atoms with Crippen molar-refractivity contribution in [3.63, 3.8) is 0 Å². The van der Waals surface area contributed by atoms with Gasteiger partial charge in [-0.3, -0.25) is 9.59 Å². The van der Waals surface area contributed by atoms with E-state index in [2.05, 4.69) is 4.99 Å². The highest BCUT2D eigenvalue weighted by molar-refractivity contribution is 6.14. The monoisotopic (exact) mass is 344 g/mol. The Morgan fingerprint density at radius 1 is 1.28 bits per heavy atom. The lowest BCUT2D eigenvalue weighted by atomic mass is 9.99. The number of benzene rings is 1. The number of rotatable bonds is 5. The number of carbonyl (C=O) groups excluding carboxylic acids is 2. The van der Waals surface area contributed by atoms with Crippen LogP contribution in [-0.2, 0) is 20.7 Å². The molecule has 1 fully saturated rings. The standard InChI is InChI=1S/C19H21FN2O3/c1-13-3-2-4-14(19(13)20)9-16(23)10-15-11-17(24)12-18(21-15)22-5-7-25-8-6-22/h2-4,12H,5-11H2,1H3. The summed E-state index contributed by atoms with van der Waals surface area (Å²) in [7, 11) is 0. The van der Waals surface area contributed by atoms with Gasteiger partial charge in [-0.2, -0.15) is 0 Å². The van der Waals surface area contributed by atoms with Gasteiger partial charge in [0.15, 0.2) is 5.78 Å². The van der Waals surface area contributed by atoms with Crippen molar-refractivity contribution < 1.29 is 18.7 Å². The molecular weight excluding hydrogens is 323 g/mol. The lowest BCUT2D eigenvalue weighted by molar-refractivity contribution is -0.117. The van der Waals surface area contributed by atoms with Gasteiger partial charge in [0, 0.05) is 44.1 Å². The molecule has 1 aromatic carbocycles. The lowest BCUT2D eigenvalue weighted by Gasteiger charge is -2.30. The number of halogens is 1. The van der Waals surface area contributed by atoms with Crippen LogP contribution in [0.25, 0.3) is 0 Å². The third kappa shape index (κ3) is 4.39. The fourth-order valence-electron chi connectivity index (χ4n) is 3.03. The topological polar surface area (TPSA) is 59.0 Å². The molecule has 0 bridgehead atoms. The van der Waals surface area contributed by atoms with Crippen molar-refractivity contribution >= 4 is 17.3 Å². The molecule has 2 aliphatic rings. The fraction of sp³-hybridized carbons (Fsp3) is 0.421. The molecule has 1 saturated heterocycles. The molecule has 0 unspecified atom stereocenters. The van der Waals surface area contributed by atoms with Crippen molar-refractivity contribution in [1.82, 2.24) is 4.90 Å². The van der Waals surface area contributed by atoms with Crippen LogP contribution >= 0.6 is 0 Å². The van der Waals surface area contributed by atoms with Crippen LogP contribution in [0.3, 0.4) is 0 Å². The van der Waals surface area contributed by atoms with E-state index in [9.17, 15) is 14.0 Å². The Kier molecular flexibility index (Phi) is 5.38. The van der Waals surface area contributed by atoms with Crippen LogP contribution < -0.4 is 0 Å². The zero-order chi connectivity index (χ0) is 17.8. The van der Waals surface area contributed by atoms with Crippen molar-refractivity contribution in [3.8, 4) is 0 Å². The molecule has 2 heterocycles. The van der Waals surface area contributed by atoms with Gasteiger partial charge in [-0.1, -0.05) is 18.2 Å². The van der Waals surface area contributed by atoms with Crippen molar-refractivity contribution in [2.24, 2.45) is 4.99 Å². The summed E-state index contributed by atoms with van der Waals surface area (Å²) in [6.07, 6.45) is 1.76. The van der Waals surface area contributed by atoms with Gasteiger partial charge in [0.25, 0.3) is 0 Å². The number of ether oxygens (including phenoxy) is 1. The van der Waals surface area contributed by atoms with E-state index in [1.165, 1.54) is 6.08 Å². The first-order valence-corrected chi connectivity index (χ1v) is 8.42. The maximum atomic E-state index is 14.0. The third-order valence-electron chi connectivity index (χ3n) is 4.34. The molecule has 6 heteroatoms. The molecule has 5 nitrogen and oxygen atoms in total. The van der Waals surface area contributed by atoms with E-state index in [1.807, 2.05) is 4.90 Å². The van der Waals surface area contributed by atoms with E-state index in [1.54, 1.807) is 25.1 Å². The summed E-state index contributed by atoms with van der Waals surface area (Å²) in [6.45, 7) is 4.23. The molecule has 0 radical (unpaired) electrons. The van der Waals surface area contributed by atoms with Crippen LogP contribution in [0.1, 0.15) is 24.0 Å². The van der Waals surface area contributed by atoms with E-state index >= 15 is 0 Å². The van der Waals surface area contributed by atoms with Gasteiger partial charge < -0.3 is 9.64 Å². The molecule has 1 aromatic rings. The lowest BCUT2D eigenvalue weighted by Crippen LogP contribution is -2.36. The Bertz CT molecular complexity index is 749. The molecule has 0 atom stereocenters. The maximum Gasteiger partial charge on any atom is 0.164 e. The third-order valence-corrected chi connectivity index (χ3v) is 4.34. The summed E-state index contributed by atoms with van der Waals surface area (Å²) >= 11 is 0. The number of aliphatic imine (C=N–C) groups is 1. The first-order chi connectivity index (χ1) is 12.0. The molecule has 0 aromatic heterocycles. The van der Waals surface area contributed by atoms with Crippen LogP contribution in [0.15, 0.2) is 35.1 Å². The summed E-state index contributed by atoms with van der Waals surface area (Å²) in [6, 6.07) is 5.03. The van der Waals surface area contributed by atoms with Gasteiger partial charge in [0.2, 0.25) is 0 Å². The Labute approximate surface area is 146 Å². The predicted molar refractivity (Wildman–Crippen MR) is 92.0 cm³/mol. The summed E-state index contributed by atoms with van der Waals surface area (Å²) < 4.78 is 19.3. The first-order valence-electron chi connectivity index (χ1n) is 8.42. The second-order valence-corrected chi connectivity index (χ2v) is 6.36. The minimum Gasteiger partial charge on any atom is -0.378 e. The van der Waals surface area contributed by atoms with Crippen LogP contribution in [0.2, 0.25) is 0 Å². The van der Waals surface area contributed by atoms with Crippen molar-refractivity contribution in [1.29, 1.82) is 0 Å². The number of aryl methyl sites for hydroxylation is 1. The predicted octanol–water partition coefficient (Wildman–Crippen LogP) is 2.22. The van der Waals surface area contributed by atoms with E-state index in [-0.39, 0.29) is 36.6 Å². The number of morpholine rings is 1. The quantitative estimate of drug-likeness (QED) is 0.822. The number of carbonyl (C=O) groups is 2. The molecule has 2 aliphatic heterocycles. The van der Waals surface area contributed by atoms with E-state index in [4.69, 9.17) is 4.74 Å². The highest BCUT2D eigenvalue weighted by Crippen LogP contribution is 2.18. The first kappa shape index (κ1) is 17.5. The second-order valence-electron chi connectivity index (χ2n) is 6.36. The normalized spacial score (nSPS) is 18.0. The summed E-state index contributed by atoms with van der Waals surface area (Å²) in [4.78, 5) is 30.8. The maximum absolute atomic E-state index is 14.0. The molecule has 132 valence electrons. The van der Waals surface area contributed by atoms with E-state index in [0.29, 0.717) is 49.0 Å². The van der Waals surface area contributed by atoms with Crippen LogP contribution in [0.4, 0.5) is 4.39 Å². The van der Waals surface area contributed by atoms with E-state index in [0.717, 1.165) is 0 Å². The van der Waals surface area contributed by atoms with Crippen LogP contribution in [0.5, 0.6) is 0 Å². The molecule has 3 rings (SSSR count). The molecule has 0 aliphatic carbocycles. The van der Waals surface area contributed by atoms with Crippen LogP contribution in [0, 0.1) is 12.7 Å². The number of nitrogens with zero attached hydrogens (tertiary/aromatic N) is 2. The Morgan fingerprint density at radius 3 is 2.80 bits per heavy atom. The summed E-state index contributed by atoms with van der Waals surface area (Å²) in [5, 5.41) is 0. The second kappa shape index (κ2) is 7.70. The van der Waals surface area contributed by atoms with Gasteiger partial charge in [0.1, 0.15) is 17.4 Å². The SMILES string of the molecule is Cc1cccc(CC(=O)CC2=NC(N3CCOCC3)=CC(=O)C2)c1F. The average molecular weight is 344 g/mol. The molecule has 0 spiro atoms. The smallest absolute Gasteiger partial charge is 0.164 e. The van der Waals surface area contributed by atoms with Gasteiger partial charge >= 0.3 is 0 Å². The van der Waals surface area contributed by atoms with Gasteiger partial charge in [-0.15, -0.1) is 0 Å². The minimum absolute atomic E-state index is 0.0112. The zero-order valence-electron chi connectivity index (χ0n) is 14.3. The highest BCUT2D eigenvalue weighted by Gasteiger charge is 2.22. The summed E-state index contributed by atoms with van der Waals surface area (Å²) in [5.74, 6) is 0.0656. The minimum atomic E-state index is -0.341. The van der Waals surface area contributed by atoms with E-state index < -0.39 is 0 Å². The Balaban J connectivity index is 1.67. The Hall–Kier alpha value is -2.34. The van der Waals surface area contributed by atoms with Gasteiger partial charge in [-0.25, -0.2) is 9.38 Å². The van der Waals surface area contributed by atoms with Crippen molar-refractivity contribution in [2.75, 3.05) is 26.3 Å². The molecule has 25 heavy (non-hydrogen) atoms. The fourth-order valence-corrected chi connectivity index (χ4v) is 3.03. The number of hydrogen-bond donors (Lipinski definition) is 0. The van der Waals surface area contributed by atoms with Crippen molar-refractivity contribution in [2.45, 2.75) is 26.2 Å². The zero-order valence-corrected chi connectivity index (χ0v) is 14.3. The molecule has 0 saturated carbocycles. The molecule has 0 amide bonds. The average Bonchev–Trinajstić information content (AvgIpc) is 2.59. The number of hydrogen-bond acceptors (Lipinski definition) is 5. The van der Waals surface area contributed by atoms with Gasteiger partial charge in [0.05, 0.1) is 13.2 Å². The molecule has 0 N–H and O–H groups in total. The van der Waals surface area contributed by atoms with Crippen LogP contribution in [-0.4, -0.2) is 48.5 Å². The summed E-state index contributed by atoms with van der Waals surface area (Å²) in [5.41, 5.74) is 1.46. The number of Topliss-reactive ketones (excluding diaryl/α,β-unsaturated/α-hetero) is 1. The highest BCUT2D eigenvalue weighted by atomic mass is 19.1. The van der Waals surface area contributed by atoms with Gasteiger partial charge in [-0.05, 0) is 18.1 Å². The Morgan fingerprint density at radius 2 is 2.04 bits per heavy atom. The molecular formula is C19H21FN2O3. The largest absolute Gasteiger partial charge is 0.378 e. The van der Waals surface area contributed by atoms with Crippen molar-refractivity contribution in [3.05, 3.63) is 47.0 Å².